The molecule has 0 spiro atoms. The van der Waals surface area contributed by atoms with Crippen LogP contribution < -0.4 is 0 Å². The van der Waals surface area contributed by atoms with Crippen molar-refractivity contribution in [2.45, 2.75) is 59.8 Å². The van der Waals surface area contributed by atoms with Gasteiger partial charge in [0.15, 0.2) is 0 Å². The van der Waals surface area contributed by atoms with Crippen molar-refractivity contribution in [3.8, 4) is 0 Å². The molecule has 0 N–H and O–H groups in total. The molecule has 0 bridgehead atoms. The first kappa shape index (κ1) is 14.5. The van der Waals surface area contributed by atoms with E-state index in [9.17, 15) is 0 Å². The summed E-state index contributed by atoms with van der Waals surface area (Å²) in [4.78, 5) is 0. The first-order valence-electron chi connectivity index (χ1n) is 6.34. The van der Waals surface area contributed by atoms with Crippen LogP contribution in [-0.2, 0) is 0 Å². The molecule has 0 saturated carbocycles. The normalized spacial score (nSPS) is 14.3. The SMILES string of the molecule is C=CC(C)CC/C=C(\C)CCCC(C)C. The molecule has 0 nitrogen and oxygen atoms in total. The minimum Gasteiger partial charge on any atom is -0.103 e. The molecule has 0 heterocycles. The Morgan fingerprint density at radius 1 is 1.20 bits per heavy atom. The van der Waals surface area contributed by atoms with E-state index in [1.165, 1.54) is 32.1 Å². The van der Waals surface area contributed by atoms with E-state index in [-0.39, 0.29) is 0 Å². The van der Waals surface area contributed by atoms with Gasteiger partial charge in [0.1, 0.15) is 0 Å². The highest BCUT2D eigenvalue weighted by atomic mass is 14.0. The maximum Gasteiger partial charge on any atom is -0.0262 e. The molecular weight excluding hydrogens is 180 g/mol. The summed E-state index contributed by atoms with van der Waals surface area (Å²) in [7, 11) is 0. The standard InChI is InChI=1S/C15H28/c1-6-14(4)10-8-12-15(5)11-7-9-13(2)3/h6,12-14H,1,7-11H2,2-5H3/b15-12+. The summed E-state index contributed by atoms with van der Waals surface area (Å²) >= 11 is 0. The van der Waals surface area contributed by atoms with Crippen LogP contribution in [-0.4, -0.2) is 0 Å². The molecule has 0 amide bonds. The van der Waals surface area contributed by atoms with E-state index in [4.69, 9.17) is 0 Å². The molecule has 0 fully saturated rings. The van der Waals surface area contributed by atoms with Crippen LogP contribution in [0.3, 0.4) is 0 Å². The highest BCUT2D eigenvalue weighted by molar-refractivity contribution is 4.98. The third-order valence-corrected chi connectivity index (χ3v) is 2.87. The predicted octanol–water partition coefficient (Wildman–Crippen LogP) is 5.36. The van der Waals surface area contributed by atoms with Gasteiger partial charge in [-0.2, -0.15) is 0 Å². The van der Waals surface area contributed by atoms with Gasteiger partial charge in [-0.25, -0.2) is 0 Å². The molecule has 1 unspecified atom stereocenters. The molecule has 15 heavy (non-hydrogen) atoms. The average Bonchev–Trinajstić information content (AvgIpc) is 2.17. The Bertz CT molecular complexity index is 186. The maximum atomic E-state index is 3.81. The zero-order valence-corrected chi connectivity index (χ0v) is 11.1. The second-order valence-electron chi connectivity index (χ2n) is 5.13. The zero-order chi connectivity index (χ0) is 11.7. The van der Waals surface area contributed by atoms with Crippen molar-refractivity contribution in [3.05, 3.63) is 24.3 Å². The summed E-state index contributed by atoms with van der Waals surface area (Å²) in [5, 5.41) is 0. The Kier molecular flexibility index (Phi) is 8.46. The minimum absolute atomic E-state index is 0.657. The molecule has 0 aromatic carbocycles. The monoisotopic (exact) mass is 208 g/mol. The van der Waals surface area contributed by atoms with Gasteiger partial charge in [-0.3, -0.25) is 0 Å². The lowest BCUT2D eigenvalue weighted by Gasteiger charge is -2.06. The topological polar surface area (TPSA) is 0 Å². The lowest BCUT2D eigenvalue weighted by atomic mass is 10.0. The van der Waals surface area contributed by atoms with Crippen LogP contribution >= 0.6 is 0 Å². The summed E-state index contributed by atoms with van der Waals surface area (Å²) in [5.74, 6) is 1.50. The van der Waals surface area contributed by atoms with E-state index >= 15 is 0 Å². The Hall–Kier alpha value is -0.520. The van der Waals surface area contributed by atoms with E-state index in [1.54, 1.807) is 5.57 Å². The molecule has 1 atom stereocenters. The lowest BCUT2D eigenvalue weighted by molar-refractivity contribution is 0.554. The second-order valence-corrected chi connectivity index (χ2v) is 5.13. The number of hydrogen-bond acceptors (Lipinski definition) is 0. The second kappa shape index (κ2) is 8.76. The Labute approximate surface area is 96.5 Å². The van der Waals surface area contributed by atoms with Gasteiger partial charge in [0.25, 0.3) is 0 Å². The number of allylic oxidation sites excluding steroid dienone is 3. The largest absolute Gasteiger partial charge is 0.103 e. The summed E-state index contributed by atoms with van der Waals surface area (Å²) < 4.78 is 0. The van der Waals surface area contributed by atoms with Gasteiger partial charge < -0.3 is 0 Å². The van der Waals surface area contributed by atoms with Crippen molar-refractivity contribution in [2.75, 3.05) is 0 Å². The molecule has 0 aromatic heterocycles. The molecule has 88 valence electrons. The van der Waals surface area contributed by atoms with Gasteiger partial charge in [-0.1, -0.05) is 44.9 Å². The van der Waals surface area contributed by atoms with Crippen LogP contribution in [0.5, 0.6) is 0 Å². The number of hydrogen-bond donors (Lipinski definition) is 0. The third kappa shape index (κ3) is 9.78. The Balaban J connectivity index is 3.56. The first-order chi connectivity index (χ1) is 7.06. The van der Waals surface area contributed by atoms with Crippen molar-refractivity contribution in [1.29, 1.82) is 0 Å². The Morgan fingerprint density at radius 3 is 2.40 bits per heavy atom. The fraction of sp³-hybridized carbons (Fsp3) is 0.733. The molecule has 0 radical (unpaired) electrons. The molecule has 0 aliphatic carbocycles. The van der Waals surface area contributed by atoms with Crippen LogP contribution in [0.15, 0.2) is 24.3 Å². The zero-order valence-electron chi connectivity index (χ0n) is 11.1. The highest BCUT2D eigenvalue weighted by Crippen LogP contribution is 2.14. The van der Waals surface area contributed by atoms with Crippen molar-refractivity contribution >= 4 is 0 Å². The van der Waals surface area contributed by atoms with Crippen LogP contribution in [0.25, 0.3) is 0 Å². The van der Waals surface area contributed by atoms with Gasteiger partial charge in [0.05, 0.1) is 0 Å². The van der Waals surface area contributed by atoms with Gasteiger partial charge in [0.2, 0.25) is 0 Å². The molecule has 0 rings (SSSR count). The van der Waals surface area contributed by atoms with E-state index in [0.717, 1.165) is 5.92 Å². The average molecular weight is 208 g/mol. The van der Waals surface area contributed by atoms with E-state index in [1.807, 2.05) is 6.08 Å². The van der Waals surface area contributed by atoms with Crippen molar-refractivity contribution < 1.29 is 0 Å². The smallest absolute Gasteiger partial charge is 0.0262 e. The molecule has 0 saturated heterocycles. The summed E-state index contributed by atoms with van der Waals surface area (Å²) in [6, 6.07) is 0. The molecule has 0 aromatic rings. The molecule has 0 heteroatoms. The Morgan fingerprint density at radius 2 is 1.87 bits per heavy atom. The third-order valence-electron chi connectivity index (χ3n) is 2.87. The van der Waals surface area contributed by atoms with Crippen LogP contribution in [0.1, 0.15) is 59.8 Å². The fourth-order valence-corrected chi connectivity index (χ4v) is 1.60. The predicted molar refractivity (Wildman–Crippen MR) is 71.0 cm³/mol. The number of rotatable bonds is 8. The van der Waals surface area contributed by atoms with E-state index < -0.39 is 0 Å². The fourth-order valence-electron chi connectivity index (χ4n) is 1.60. The van der Waals surface area contributed by atoms with Crippen molar-refractivity contribution in [3.63, 3.8) is 0 Å². The summed E-state index contributed by atoms with van der Waals surface area (Å²) in [6.45, 7) is 12.9. The highest BCUT2D eigenvalue weighted by Gasteiger charge is 1.96. The van der Waals surface area contributed by atoms with Crippen molar-refractivity contribution in [2.24, 2.45) is 11.8 Å². The van der Waals surface area contributed by atoms with Gasteiger partial charge >= 0.3 is 0 Å². The van der Waals surface area contributed by atoms with Gasteiger partial charge in [-0.15, -0.1) is 6.58 Å². The van der Waals surface area contributed by atoms with Crippen LogP contribution in [0.4, 0.5) is 0 Å². The minimum atomic E-state index is 0.657. The molecular formula is C15H28. The van der Waals surface area contributed by atoms with Crippen LogP contribution in [0, 0.1) is 11.8 Å². The summed E-state index contributed by atoms with van der Waals surface area (Å²) in [6.07, 6.45) is 10.9. The van der Waals surface area contributed by atoms with E-state index in [0.29, 0.717) is 5.92 Å². The quantitative estimate of drug-likeness (QED) is 0.471. The van der Waals surface area contributed by atoms with Gasteiger partial charge in [-0.05, 0) is 44.4 Å². The molecule has 0 aliphatic rings. The summed E-state index contributed by atoms with van der Waals surface area (Å²) in [5.41, 5.74) is 1.56. The van der Waals surface area contributed by atoms with Gasteiger partial charge in [0, 0.05) is 0 Å². The first-order valence-corrected chi connectivity index (χ1v) is 6.34. The lowest BCUT2D eigenvalue weighted by Crippen LogP contribution is -1.89. The maximum absolute atomic E-state index is 3.81. The van der Waals surface area contributed by atoms with E-state index in [2.05, 4.69) is 40.3 Å². The van der Waals surface area contributed by atoms with Crippen molar-refractivity contribution in [1.82, 2.24) is 0 Å². The van der Waals surface area contributed by atoms with Crippen LogP contribution in [0.2, 0.25) is 0 Å². The molecule has 0 aliphatic heterocycles.